The molecule has 0 spiro atoms. The number of hydrogen-bond donors (Lipinski definition) is 1. The highest BCUT2D eigenvalue weighted by Gasteiger charge is 2.23. The van der Waals surface area contributed by atoms with Gasteiger partial charge in [-0.1, -0.05) is 6.92 Å². The van der Waals surface area contributed by atoms with E-state index in [1.54, 1.807) is 6.92 Å². The van der Waals surface area contributed by atoms with Gasteiger partial charge in [0.1, 0.15) is 10.6 Å². The minimum Gasteiger partial charge on any atom is -0.462 e. The van der Waals surface area contributed by atoms with Crippen LogP contribution in [-0.2, 0) is 4.74 Å². The Morgan fingerprint density at radius 1 is 1.47 bits per heavy atom. The molecule has 0 unspecified atom stereocenters. The van der Waals surface area contributed by atoms with Crippen molar-refractivity contribution in [1.82, 2.24) is 4.37 Å². The van der Waals surface area contributed by atoms with Crippen molar-refractivity contribution in [1.29, 1.82) is 0 Å². The Kier molecular flexibility index (Phi) is 5.21. The van der Waals surface area contributed by atoms with Gasteiger partial charge in [-0.25, -0.2) is 4.79 Å². The van der Waals surface area contributed by atoms with Crippen molar-refractivity contribution in [3.8, 4) is 0 Å². The molecule has 2 N–H and O–H groups in total. The van der Waals surface area contributed by atoms with Gasteiger partial charge in [-0.05, 0) is 31.8 Å². The van der Waals surface area contributed by atoms with Crippen molar-refractivity contribution in [2.75, 3.05) is 30.3 Å². The maximum absolute atomic E-state index is 11.8. The number of nitrogen functional groups attached to an aromatic ring is 1. The van der Waals surface area contributed by atoms with Gasteiger partial charge in [0.05, 0.1) is 6.61 Å². The molecule has 5 nitrogen and oxygen atoms in total. The zero-order valence-corrected chi connectivity index (χ0v) is 11.3. The molecule has 17 heavy (non-hydrogen) atoms. The fourth-order valence-electron chi connectivity index (χ4n) is 1.58. The molecular formula is C11H19N3O2S. The third-order valence-electron chi connectivity index (χ3n) is 2.34. The molecule has 0 aliphatic carbocycles. The number of carbonyl (C=O) groups excluding carboxylic acids is 1. The average molecular weight is 257 g/mol. The lowest BCUT2D eigenvalue weighted by atomic mass is 10.3. The highest BCUT2D eigenvalue weighted by atomic mass is 32.1. The fraction of sp³-hybridized carbons (Fsp3) is 0.636. The minimum absolute atomic E-state index is 0.262. The van der Waals surface area contributed by atoms with Gasteiger partial charge in [-0.15, -0.1) is 0 Å². The Morgan fingerprint density at radius 3 is 2.71 bits per heavy atom. The first kappa shape index (κ1) is 13.8. The number of nitrogens with zero attached hydrogens (tertiary/aromatic N) is 2. The normalized spacial score (nSPS) is 10.3. The molecule has 0 saturated carbocycles. The first-order valence-electron chi connectivity index (χ1n) is 5.82. The molecule has 0 atom stereocenters. The second-order valence-corrected chi connectivity index (χ2v) is 4.30. The van der Waals surface area contributed by atoms with Crippen LogP contribution in [0.15, 0.2) is 0 Å². The van der Waals surface area contributed by atoms with Crippen molar-refractivity contribution in [3.05, 3.63) is 5.56 Å². The number of esters is 1. The second-order valence-electron chi connectivity index (χ2n) is 3.55. The quantitative estimate of drug-likeness (QED) is 0.791. The van der Waals surface area contributed by atoms with Crippen LogP contribution >= 0.6 is 11.5 Å². The van der Waals surface area contributed by atoms with Crippen molar-refractivity contribution >= 4 is 28.3 Å². The van der Waals surface area contributed by atoms with Gasteiger partial charge in [0.2, 0.25) is 0 Å². The van der Waals surface area contributed by atoms with Gasteiger partial charge in [-0.2, -0.15) is 4.37 Å². The van der Waals surface area contributed by atoms with Gasteiger partial charge in [0.15, 0.2) is 5.82 Å². The molecule has 0 aliphatic rings. The summed E-state index contributed by atoms with van der Waals surface area (Å²) in [5.41, 5.74) is 6.14. The van der Waals surface area contributed by atoms with Crippen LogP contribution in [0.1, 0.15) is 37.6 Å². The van der Waals surface area contributed by atoms with E-state index in [0.717, 1.165) is 24.5 Å². The van der Waals surface area contributed by atoms with Crippen LogP contribution in [0.5, 0.6) is 0 Å². The zero-order chi connectivity index (χ0) is 12.8. The van der Waals surface area contributed by atoms with Gasteiger partial charge in [-0.3, -0.25) is 0 Å². The number of ether oxygens (including phenoxy) is 1. The zero-order valence-electron chi connectivity index (χ0n) is 10.5. The molecule has 0 bridgehead atoms. The van der Waals surface area contributed by atoms with Crippen LogP contribution in [0.3, 0.4) is 0 Å². The molecule has 0 radical (unpaired) electrons. The molecule has 0 amide bonds. The van der Waals surface area contributed by atoms with E-state index >= 15 is 0 Å². The van der Waals surface area contributed by atoms with E-state index in [1.807, 2.05) is 6.92 Å². The molecule has 1 rings (SSSR count). The standard InChI is InChI=1S/C11H19N3O2S/c1-4-7-14(5-2)10-8(9(12)13-17-10)11(15)16-6-3/h4-7H2,1-3H3,(H2,12,13). The number of hydrogen-bond acceptors (Lipinski definition) is 6. The summed E-state index contributed by atoms with van der Waals surface area (Å²) in [5, 5.41) is 0.810. The molecular weight excluding hydrogens is 238 g/mol. The minimum atomic E-state index is -0.386. The molecule has 1 heterocycles. The monoisotopic (exact) mass is 257 g/mol. The number of anilines is 2. The summed E-state index contributed by atoms with van der Waals surface area (Å²) in [4.78, 5) is 13.9. The van der Waals surface area contributed by atoms with Crippen molar-refractivity contribution in [2.24, 2.45) is 0 Å². The summed E-state index contributed by atoms with van der Waals surface area (Å²) in [7, 11) is 0. The Bertz CT molecular complexity index is 379. The smallest absolute Gasteiger partial charge is 0.345 e. The molecule has 1 aromatic heterocycles. The summed E-state index contributed by atoms with van der Waals surface area (Å²) in [6.07, 6.45) is 1.01. The lowest BCUT2D eigenvalue weighted by molar-refractivity contribution is 0.0528. The Labute approximate surface area is 106 Å². The largest absolute Gasteiger partial charge is 0.462 e. The fourth-order valence-corrected chi connectivity index (χ4v) is 2.47. The maximum atomic E-state index is 11.8. The lowest BCUT2D eigenvalue weighted by Gasteiger charge is -2.20. The molecule has 0 fully saturated rings. The van der Waals surface area contributed by atoms with Crippen LogP contribution in [0, 0.1) is 0 Å². The first-order valence-corrected chi connectivity index (χ1v) is 6.60. The third-order valence-corrected chi connectivity index (χ3v) is 3.27. The summed E-state index contributed by atoms with van der Waals surface area (Å²) in [5.74, 6) is -0.124. The molecule has 0 aromatic carbocycles. The van der Waals surface area contributed by atoms with Crippen molar-refractivity contribution in [2.45, 2.75) is 27.2 Å². The summed E-state index contributed by atoms with van der Waals surface area (Å²) in [6, 6.07) is 0. The van der Waals surface area contributed by atoms with Crippen LogP contribution in [0.25, 0.3) is 0 Å². The second kappa shape index (κ2) is 6.44. The number of carbonyl (C=O) groups is 1. The first-order chi connectivity index (χ1) is 8.15. The average Bonchev–Trinajstić information content (AvgIpc) is 2.68. The molecule has 1 aromatic rings. The Morgan fingerprint density at radius 2 is 2.18 bits per heavy atom. The maximum Gasteiger partial charge on any atom is 0.345 e. The van der Waals surface area contributed by atoms with Crippen LogP contribution in [-0.4, -0.2) is 30.0 Å². The number of rotatable bonds is 6. The van der Waals surface area contributed by atoms with Gasteiger partial charge < -0.3 is 15.4 Å². The van der Waals surface area contributed by atoms with E-state index in [9.17, 15) is 4.79 Å². The van der Waals surface area contributed by atoms with E-state index < -0.39 is 0 Å². The predicted octanol–water partition coefficient (Wildman–Crippen LogP) is 2.14. The van der Waals surface area contributed by atoms with E-state index in [1.165, 1.54) is 11.5 Å². The van der Waals surface area contributed by atoms with E-state index in [2.05, 4.69) is 16.2 Å². The van der Waals surface area contributed by atoms with Gasteiger partial charge >= 0.3 is 5.97 Å². The summed E-state index contributed by atoms with van der Waals surface area (Å²) in [6.45, 7) is 7.95. The van der Waals surface area contributed by atoms with E-state index in [-0.39, 0.29) is 11.8 Å². The Balaban J connectivity index is 3.03. The lowest BCUT2D eigenvalue weighted by Crippen LogP contribution is -2.24. The Hall–Kier alpha value is -1.30. The van der Waals surface area contributed by atoms with Crippen molar-refractivity contribution in [3.63, 3.8) is 0 Å². The van der Waals surface area contributed by atoms with Crippen LogP contribution in [0.2, 0.25) is 0 Å². The summed E-state index contributed by atoms with van der Waals surface area (Å²) < 4.78 is 9.05. The molecule has 6 heteroatoms. The van der Waals surface area contributed by atoms with Gasteiger partial charge in [0, 0.05) is 13.1 Å². The van der Waals surface area contributed by atoms with E-state index in [4.69, 9.17) is 10.5 Å². The van der Waals surface area contributed by atoms with Crippen molar-refractivity contribution < 1.29 is 9.53 Å². The van der Waals surface area contributed by atoms with Crippen LogP contribution in [0.4, 0.5) is 10.8 Å². The van der Waals surface area contributed by atoms with E-state index in [0.29, 0.717) is 12.2 Å². The highest BCUT2D eigenvalue weighted by Crippen LogP contribution is 2.31. The predicted molar refractivity (Wildman–Crippen MR) is 70.7 cm³/mol. The number of nitrogens with two attached hydrogens (primary N) is 1. The third kappa shape index (κ3) is 3.09. The van der Waals surface area contributed by atoms with Crippen LogP contribution < -0.4 is 10.6 Å². The topological polar surface area (TPSA) is 68.5 Å². The SMILES string of the molecule is CCCN(CC)c1snc(N)c1C(=O)OCC. The number of aromatic nitrogens is 1. The molecule has 96 valence electrons. The molecule has 0 aliphatic heterocycles. The van der Waals surface area contributed by atoms with Gasteiger partial charge in [0.25, 0.3) is 0 Å². The molecule has 0 saturated heterocycles. The highest BCUT2D eigenvalue weighted by molar-refractivity contribution is 7.11. The summed E-state index contributed by atoms with van der Waals surface area (Å²) >= 11 is 1.25.